The van der Waals surface area contributed by atoms with Gasteiger partial charge in [0.2, 0.25) is 0 Å². The number of carbonyl (C=O) groups is 1. The molecule has 6 nitrogen and oxygen atoms in total. The Hall–Kier alpha value is -0.900. The van der Waals surface area contributed by atoms with Gasteiger partial charge in [0.25, 0.3) is 0 Å². The molecule has 0 aromatic heterocycles. The lowest BCUT2D eigenvalue weighted by atomic mass is 10.1. The Morgan fingerprint density at radius 1 is 1.47 bits per heavy atom. The van der Waals surface area contributed by atoms with E-state index in [1.165, 1.54) is 0 Å². The number of hydrogen-bond acceptors (Lipinski definition) is 6. The van der Waals surface area contributed by atoms with Crippen molar-refractivity contribution in [3.63, 3.8) is 0 Å². The van der Waals surface area contributed by atoms with Gasteiger partial charge in [0.15, 0.2) is 6.10 Å². The fourth-order valence-electron chi connectivity index (χ4n) is 1.37. The zero-order chi connectivity index (χ0) is 13.2. The van der Waals surface area contributed by atoms with E-state index >= 15 is 0 Å². The Balaban J connectivity index is 2.64. The summed E-state index contributed by atoms with van der Waals surface area (Å²) in [6.45, 7) is -1.28. The molecule has 3 N–H and O–H groups in total. The van der Waals surface area contributed by atoms with E-state index in [4.69, 9.17) is 14.9 Å². The Bertz CT molecular complexity index is 281. The number of carbonyl (C=O) groups excluding carboxylic acids is 1. The molecule has 17 heavy (non-hydrogen) atoms. The molecule has 0 radical (unpaired) electrons. The highest BCUT2D eigenvalue weighted by Gasteiger charge is 2.46. The van der Waals surface area contributed by atoms with Crippen LogP contribution in [0.4, 0.5) is 13.2 Å². The topological polar surface area (TPSA) is 96.2 Å². The van der Waals surface area contributed by atoms with Crippen molar-refractivity contribution < 1.29 is 42.8 Å². The van der Waals surface area contributed by atoms with Crippen molar-refractivity contribution in [3.05, 3.63) is 0 Å². The molecular weight excluding hydrogens is 249 g/mol. The van der Waals surface area contributed by atoms with Gasteiger partial charge in [-0.05, 0) is 0 Å². The molecule has 1 saturated heterocycles. The van der Waals surface area contributed by atoms with Gasteiger partial charge < -0.3 is 24.8 Å². The number of ether oxygens (including phenoxy) is 2. The Morgan fingerprint density at radius 3 is 2.41 bits per heavy atom. The van der Waals surface area contributed by atoms with E-state index < -0.39 is 43.2 Å². The predicted octanol–water partition coefficient (Wildman–Crippen LogP) is -1.43. The smallest absolute Gasteiger partial charge is 0.450 e. The molecular formula is C8H11F3O6. The van der Waals surface area contributed by atoms with E-state index in [1.807, 2.05) is 0 Å². The van der Waals surface area contributed by atoms with Crippen molar-refractivity contribution in [1.82, 2.24) is 0 Å². The lowest BCUT2D eigenvalue weighted by Crippen LogP contribution is -2.45. The van der Waals surface area contributed by atoms with Crippen LogP contribution in [-0.2, 0) is 14.3 Å². The van der Waals surface area contributed by atoms with Crippen LogP contribution in [0.2, 0.25) is 0 Å². The zero-order valence-electron chi connectivity index (χ0n) is 8.42. The molecule has 1 fully saturated rings. The van der Waals surface area contributed by atoms with Gasteiger partial charge in [0.05, 0.1) is 13.2 Å². The fraction of sp³-hybridized carbons (Fsp3) is 0.875. The lowest BCUT2D eigenvalue weighted by molar-refractivity contribution is -0.213. The van der Waals surface area contributed by atoms with Gasteiger partial charge in [0.1, 0.15) is 18.3 Å². The predicted molar refractivity (Wildman–Crippen MR) is 44.8 cm³/mol. The van der Waals surface area contributed by atoms with Crippen molar-refractivity contribution in [2.45, 2.75) is 30.6 Å². The van der Waals surface area contributed by atoms with E-state index in [0.717, 1.165) is 0 Å². The molecule has 100 valence electrons. The first-order chi connectivity index (χ1) is 7.77. The summed E-state index contributed by atoms with van der Waals surface area (Å²) in [5.74, 6) is -2.49. The first-order valence-corrected chi connectivity index (χ1v) is 4.63. The molecule has 0 unspecified atom stereocenters. The van der Waals surface area contributed by atoms with Crippen LogP contribution < -0.4 is 0 Å². The molecule has 0 spiro atoms. The number of alkyl halides is 3. The summed E-state index contributed by atoms with van der Waals surface area (Å²) >= 11 is 0. The van der Waals surface area contributed by atoms with E-state index in [-0.39, 0.29) is 6.61 Å². The molecule has 1 aliphatic rings. The molecule has 0 amide bonds. The Morgan fingerprint density at radius 2 is 2.06 bits per heavy atom. The highest BCUT2D eigenvalue weighted by molar-refractivity contribution is 5.75. The molecule has 9 heteroatoms. The van der Waals surface area contributed by atoms with Gasteiger partial charge in [-0.3, -0.25) is 0 Å². The third-order valence-electron chi connectivity index (χ3n) is 2.23. The molecule has 1 heterocycles. The second-order valence-corrected chi connectivity index (χ2v) is 3.48. The summed E-state index contributed by atoms with van der Waals surface area (Å²) in [5, 5.41) is 27.2. The molecule has 0 saturated carbocycles. The maximum absolute atomic E-state index is 11.9. The van der Waals surface area contributed by atoms with Crippen molar-refractivity contribution in [2.75, 3.05) is 13.2 Å². The molecule has 1 rings (SSSR count). The maximum atomic E-state index is 11.9. The van der Waals surface area contributed by atoms with Crippen LogP contribution in [0.3, 0.4) is 0 Å². The van der Waals surface area contributed by atoms with Gasteiger partial charge in [-0.1, -0.05) is 0 Å². The van der Waals surface area contributed by atoms with Crippen molar-refractivity contribution in [2.24, 2.45) is 0 Å². The minimum Gasteiger partial charge on any atom is -0.450 e. The average molecular weight is 260 g/mol. The van der Waals surface area contributed by atoms with Crippen LogP contribution in [0.1, 0.15) is 0 Å². The summed E-state index contributed by atoms with van der Waals surface area (Å²) in [5.41, 5.74) is 0. The van der Waals surface area contributed by atoms with E-state index in [0.29, 0.717) is 0 Å². The summed E-state index contributed by atoms with van der Waals surface area (Å²) in [6.07, 6.45) is -11.1. The van der Waals surface area contributed by atoms with Crippen LogP contribution >= 0.6 is 0 Å². The minimum absolute atomic E-state index is 0.314. The van der Waals surface area contributed by atoms with Crippen molar-refractivity contribution in [1.29, 1.82) is 0 Å². The van der Waals surface area contributed by atoms with E-state index in [2.05, 4.69) is 4.74 Å². The second kappa shape index (κ2) is 5.17. The number of hydrogen-bond donors (Lipinski definition) is 3. The van der Waals surface area contributed by atoms with Gasteiger partial charge in [-0.15, -0.1) is 0 Å². The van der Waals surface area contributed by atoms with E-state index in [9.17, 15) is 23.1 Å². The van der Waals surface area contributed by atoms with Gasteiger partial charge in [0, 0.05) is 0 Å². The number of esters is 1. The van der Waals surface area contributed by atoms with Crippen LogP contribution in [0, 0.1) is 0 Å². The minimum atomic E-state index is -5.20. The normalized spacial score (nSPS) is 31.3. The van der Waals surface area contributed by atoms with Crippen LogP contribution in [0.5, 0.6) is 0 Å². The lowest BCUT2D eigenvalue weighted by Gasteiger charge is -2.24. The van der Waals surface area contributed by atoms with Crippen LogP contribution in [0.25, 0.3) is 0 Å². The quantitative estimate of drug-likeness (QED) is 0.539. The van der Waals surface area contributed by atoms with Gasteiger partial charge >= 0.3 is 12.1 Å². The van der Waals surface area contributed by atoms with Crippen molar-refractivity contribution >= 4 is 5.97 Å². The standard InChI is InChI=1S/C8H11F3O6/c9-8(10,11)7(15)17-4(1-12)6-5(14)3(13)2-16-6/h3-6,12-14H,1-2H2/t3-,4+,5+,6+/m0/s1. The third kappa shape index (κ3) is 3.28. The summed E-state index contributed by atoms with van der Waals surface area (Å²) in [7, 11) is 0. The largest absolute Gasteiger partial charge is 0.490 e. The van der Waals surface area contributed by atoms with Crippen LogP contribution in [-0.4, -0.2) is 65.1 Å². The fourth-order valence-corrected chi connectivity index (χ4v) is 1.37. The zero-order valence-corrected chi connectivity index (χ0v) is 8.42. The average Bonchev–Trinajstić information content (AvgIpc) is 2.55. The molecule has 1 aliphatic heterocycles. The molecule has 0 aromatic rings. The molecule has 0 aliphatic carbocycles. The number of rotatable bonds is 3. The van der Waals surface area contributed by atoms with Gasteiger partial charge in [-0.25, -0.2) is 4.79 Å². The van der Waals surface area contributed by atoms with Crippen LogP contribution in [0.15, 0.2) is 0 Å². The summed E-state index contributed by atoms with van der Waals surface area (Å²) < 4.78 is 44.4. The molecule has 0 bridgehead atoms. The summed E-state index contributed by atoms with van der Waals surface area (Å²) in [4.78, 5) is 10.5. The van der Waals surface area contributed by atoms with E-state index in [1.54, 1.807) is 0 Å². The SMILES string of the molecule is O=C(O[C@H](CO)[C@H]1OC[C@H](O)[C@H]1O)C(F)(F)F. The first-order valence-electron chi connectivity index (χ1n) is 4.63. The Kier molecular flexibility index (Phi) is 4.31. The number of halogens is 3. The molecule has 0 aromatic carbocycles. The van der Waals surface area contributed by atoms with Crippen molar-refractivity contribution in [3.8, 4) is 0 Å². The highest BCUT2D eigenvalue weighted by Crippen LogP contribution is 2.23. The number of aliphatic hydroxyl groups is 3. The maximum Gasteiger partial charge on any atom is 0.490 e. The molecule has 4 atom stereocenters. The summed E-state index contributed by atoms with van der Waals surface area (Å²) in [6, 6.07) is 0. The van der Waals surface area contributed by atoms with Gasteiger partial charge in [-0.2, -0.15) is 13.2 Å². The highest BCUT2D eigenvalue weighted by atomic mass is 19.4. The number of aliphatic hydroxyl groups excluding tert-OH is 3. The Labute approximate surface area is 93.6 Å². The first kappa shape index (κ1) is 14.2. The monoisotopic (exact) mass is 260 g/mol. The second-order valence-electron chi connectivity index (χ2n) is 3.48. The third-order valence-corrected chi connectivity index (χ3v) is 2.23.